The van der Waals surface area contributed by atoms with Gasteiger partial charge in [-0.25, -0.2) is 14.6 Å². The number of hydrogen-bond donors (Lipinski definition) is 0. The molecule has 1 aliphatic heterocycles. The highest BCUT2D eigenvalue weighted by atomic mass is 32.2. The predicted molar refractivity (Wildman–Crippen MR) is 95.7 cm³/mol. The van der Waals surface area contributed by atoms with Crippen molar-refractivity contribution >= 4 is 47.0 Å². The molecular formula is C16H18N2O5S2. The molecule has 0 saturated carbocycles. The maximum Gasteiger partial charge on any atom is 0.333 e. The Morgan fingerprint density at radius 1 is 1.40 bits per heavy atom. The minimum Gasteiger partial charge on any atom is -0.466 e. The van der Waals surface area contributed by atoms with E-state index in [1.54, 1.807) is 6.08 Å². The number of carbonyl (C=O) groups is 3. The number of esters is 2. The third-order valence-corrected chi connectivity index (χ3v) is 4.97. The quantitative estimate of drug-likeness (QED) is 0.405. The van der Waals surface area contributed by atoms with E-state index in [-0.39, 0.29) is 12.5 Å². The van der Waals surface area contributed by atoms with E-state index < -0.39 is 11.9 Å². The number of aromatic nitrogens is 1. The van der Waals surface area contributed by atoms with Gasteiger partial charge in [0.2, 0.25) is 5.91 Å². The molecule has 0 bridgehead atoms. The molecule has 2 rings (SSSR count). The van der Waals surface area contributed by atoms with Crippen LogP contribution in [0, 0.1) is 6.92 Å². The van der Waals surface area contributed by atoms with Crippen molar-refractivity contribution in [1.82, 2.24) is 9.88 Å². The zero-order valence-electron chi connectivity index (χ0n) is 13.9. The van der Waals surface area contributed by atoms with Crippen LogP contribution in [0.1, 0.15) is 17.1 Å². The second kappa shape index (κ2) is 9.38. The number of nitrogens with zero attached hydrogens (tertiary/aromatic N) is 2. The van der Waals surface area contributed by atoms with Gasteiger partial charge in [-0.05, 0) is 19.4 Å². The summed E-state index contributed by atoms with van der Waals surface area (Å²) in [6, 6.07) is 0. The number of thiazole rings is 1. The molecule has 1 aliphatic rings. The van der Waals surface area contributed by atoms with Crippen LogP contribution < -0.4 is 0 Å². The predicted octanol–water partition coefficient (Wildman–Crippen LogP) is 1.99. The van der Waals surface area contributed by atoms with Crippen molar-refractivity contribution in [1.29, 1.82) is 0 Å². The molecular weight excluding hydrogens is 364 g/mol. The molecule has 0 radical (unpaired) electrons. The highest BCUT2D eigenvalue weighted by molar-refractivity contribution is 8.04. The first-order chi connectivity index (χ1) is 12.0. The molecule has 134 valence electrons. The molecule has 1 aromatic heterocycles. The van der Waals surface area contributed by atoms with E-state index in [1.807, 2.05) is 12.3 Å². The van der Waals surface area contributed by atoms with Crippen LogP contribution in [0.4, 0.5) is 0 Å². The van der Waals surface area contributed by atoms with E-state index in [4.69, 9.17) is 4.74 Å². The molecule has 9 heteroatoms. The summed E-state index contributed by atoms with van der Waals surface area (Å²) in [5, 5.41) is 3.34. The Labute approximate surface area is 153 Å². The molecule has 0 unspecified atom stereocenters. The Kier molecular flexibility index (Phi) is 7.20. The van der Waals surface area contributed by atoms with Crippen LogP contribution >= 0.6 is 23.1 Å². The van der Waals surface area contributed by atoms with Gasteiger partial charge < -0.3 is 14.4 Å². The van der Waals surface area contributed by atoms with Crippen molar-refractivity contribution in [2.45, 2.75) is 13.3 Å². The highest BCUT2D eigenvalue weighted by Gasteiger charge is 2.26. The second-order valence-electron chi connectivity index (χ2n) is 4.99. The summed E-state index contributed by atoms with van der Waals surface area (Å²) in [5.41, 5.74) is 0.719. The smallest absolute Gasteiger partial charge is 0.333 e. The summed E-state index contributed by atoms with van der Waals surface area (Å²) in [6.45, 7) is 2.44. The molecule has 0 aliphatic carbocycles. The summed E-state index contributed by atoms with van der Waals surface area (Å²) in [6.07, 6.45) is 4.69. The molecule has 0 N–H and O–H groups in total. The van der Waals surface area contributed by atoms with E-state index in [1.165, 1.54) is 47.3 Å². The number of amides is 1. The van der Waals surface area contributed by atoms with Gasteiger partial charge in [0.1, 0.15) is 0 Å². The summed E-state index contributed by atoms with van der Waals surface area (Å²) in [4.78, 5) is 40.5. The van der Waals surface area contributed by atoms with Crippen LogP contribution in [0.25, 0.3) is 6.08 Å². The minimum atomic E-state index is -0.504. The van der Waals surface area contributed by atoms with E-state index in [2.05, 4.69) is 9.72 Å². The summed E-state index contributed by atoms with van der Waals surface area (Å²) in [7, 11) is 1.28. The number of thioether (sulfide) groups is 1. The standard InChI is InChI=1S/C16H18N2O5S2/c1-11-17-12(9-24-11)4-5-15(20)23-7-3-6-18-13(19)10-25-14(18)8-16(21)22-2/h4-5,8-9H,3,6-7,10H2,1-2H3/b5-4+,14-8+. The maximum absolute atomic E-state index is 11.8. The van der Waals surface area contributed by atoms with E-state index >= 15 is 0 Å². The second-order valence-corrected chi connectivity index (χ2v) is 7.04. The van der Waals surface area contributed by atoms with Crippen LogP contribution in [-0.2, 0) is 23.9 Å². The molecule has 7 nitrogen and oxygen atoms in total. The maximum atomic E-state index is 11.8. The topological polar surface area (TPSA) is 85.8 Å². The van der Waals surface area contributed by atoms with Gasteiger partial charge in [-0.15, -0.1) is 11.3 Å². The third-order valence-electron chi connectivity index (χ3n) is 3.15. The van der Waals surface area contributed by atoms with Gasteiger partial charge in [0, 0.05) is 18.0 Å². The molecule has 0 spiro atoms. The molecule has 0 atom stereocenters. The first-order valence-electron chi connectivity index (χ1n) is 7.49. The Morgan fingerprint density at radius 3 is 2.88 bits per heavy atom. The molecule has 1 saturated heterocycles. The van der Waals surface area contributed by atoms with Gasteiger partial charge in [0.25, 0.3) is 0 Å². The van der Waals surface area contributed by atoms with Crippen molar-refractivity contribution in [3.8, 4) is 0 Å². The van der Waals surface area contributed by atoms with Gasteiger partial charge in [0.15, 0.2) is 0 Å². The van der Waals surface area contributed by atoms with Crippen LogP contribution in [0.2, 0.25) is 0 Å². The molecule has 2 heterocycles. The first-order valence-corrected chi connectivity index (χ1v) is 9.36. The zero-order chi connectivity index (χ0) is 18.2. The SMILES string of the molecule is COC(=O)/C=C1/SCC(=O)N1CCCOC(=O)/C=C/c1csc(C)n1. The Morgan fingerprint density at radius 2 is 2.20 bits per heavy atom. The number of carbonyl (C=O) groups excluding carboxylic acids is 3. The van der Waals surface area contributed by atoms with Gasteiger partial charge in [-0.1, -0.05) is 11.8 Å². The molecule has 1 amide bonds. The average molecular weight is 382 g/mol. The Balaban J connectivity index is 1.75. The normalized spacial score (nSPS) is 16.0. The van der Waals surface area contributed by atoms with E-state index in [0.29, 0.717) is 23.7 Å². The van der Waals surface area contributed by atoms with Crippen LogP contribution in [0.3, 0.4) is 0 Å². The van der Waals surface area contributed by atoms with Crippen LogP contribution in [0.15, 0.2) is 22.6 Å². The Hall–Kier alpha value is -2.13. The molecule has 25 heavy (non-hydrogen) atoms. The lowest BCUT2D eigenvalue weighted by atomic mass is 10.4. The van der Waals surface area contributed by atoms with Crippen molar-refractivity contribution < 1.29 is 23.9 Å². The molecule has 1 aromatic rings. The zero-order valence-corrected chi connectivity index (χ0v) is 15.5. The highest BCUT2D eigenvalue weighted by Crippen LogP contribution is 2.28. The van der Waals surface area contributed by atoms with Gasteiger partial charge in [-0.2, -0.15) is 0 Å². The number of aryl methyl sites for hydroxylation is 1. The average Bonchev–Trinajstić information content (AvgIpc) is 3.16. The number of rotatable bonds is 7. The summed E-state index contributed by atoms with van der Waals surface area (Å²) < 4.78 is 9.67. The lowest BCUT2D eigenvalue weighted by Gasteiger charge is -2.16. The van der Waals surface area contributed by atoms with Gasteiger partial charge in [0.05, 0.1) is 41.3 Å². The Bertz CT molecular complexity index is 711. The van der Waals surface area contributed by atoms with Crippen molar-refractivity contribution in [3.63, 3.8) is 0 Å². The van der Waals surface area contributed by atoms with Crippen molar-refractivity contribution in [2.75, 3.05) is 26.0 Å². The third kappa shape index (κ3) is 6.02. The summed E-state index contributed by atoms with van der Waals surface area (Å²) in [5.74, 6) is -0.752. The van der Waals surface area contributed by atoms with Gasteiger partial charge >= 0.3 is 11.9 Å². The fraction of sp³-hybridized carbons (Fsp3) is 0.375. The van der Waals surface area contributed by atoms with E-state index in [9.17, 15) is 14.4 Å². The summed E-state index contributed by atoms with van der Waals surface area (Å²) >= 11 is 2.79. The lowest BCUT2D eigenvalue weighted by Crippen LogP contribution is -2.27. The largest absolute Gasteiger partial charge is 0.466 e. The first kappa shape index (κ1) is 19.2. The number of methoxy groups -OCH3 is 1. The van der Waals surface area contributed by atoms with Crippen molar-refractivity contribution in [2.24, 2.45) is 0 Å². The van der Waals surface area contributed by atoms with Crippen LogP contribution in [-0.4, -0.2) is 53.7 Å². The lowest BCUT2D eigenvalue weighted by molar-refractivity contribution is -0.138. The molecule has 0 aromatic carbocycles. The molecule has 1 fully saturated rings. The van der Waals surface area contributed by atoms with E-state index in [0.717, 1.165) is 10.7 Å². The monoisotopic (exact) mass is 382 g/mol. The van der Waals surface area contributed by atoms with Crippen LogP contribution in [0.5, 0.6) is 0 Å². The van der Waals surface area contributed by atoms with Gasteiger partial charge in [-0.3, -0.25) is 4.79 Å². The number of hydrogen-bond acceptors (Lipinski definition) is 8. The fourth-order valence-corrected chi connectivity index (χ4v) is 3.52. The van der Waals surface area contributed by atoms with Crippen molar-refractivity contribution in [3.05, 3.63) is 33.3 Å². The fourth-order valence-electron chi connectivity index (χ4n) is 1.98. The minimum absolute atomic E-state index is 0.0784. The number of ether oxygens (including phenoxy) is 2.